The van der Waals surface area contributed by atoms with Gasteiger partial charge in [0.05, 0.1) is 4.92 Å². The van der Waals surface area contributed by atoms with Crippen LogP contribution in [-0.4, -0.2) is 14.9 Å². The molecule has 0 fully saturated rings. The lowest BCUT2D eigenvalue weighted by Gasteiger charge is -2.03. The van der Waals surface area contributed by atoms with Crippen molar-refractivity contribution in [1.29, 1.82) is 0 Å². The van der Waals surface area contributed by atoms with Crippen LogP contribution in [0.1, 0.15) is 17.1 Å². The highest BCUT2D eigenvalue weighted by molar-refractivity contribution is 7.98. The van der Waals surface area contributed by atoms with Crippen molar-refractivity contribution < 1.29 is 4.92 Å². The van der Waals surface area contributed by atoms with Gasteiger partial charge in [-0.3, -0.25) is 10.1 Å². The van der Waals surface area contributed by atoms with Crippen LogP contribution in [0.3, 0.4) is 0 Å². The van der Waals surface area contributed by atoms with E-state index in [2.05, 4.69) is 9.97 Å². The van der Waals surface area contributed by atoms with Gasteiger partial charge in [-0.1, -0.05) is 12.1 Å². The molecule has 6 heteroatoms. The molecule has 0 amide bonds. The standard InChI is InChI=1S/C13H13N3O2S/c1-9-7-13(15-10(2)14-9)19-8-11-3-5-12(6-4-11)16(17)18/h3-7H,8H2,1-2H3. The number of benzene rings is 1. The van der Waals surface area contributed by atoms with Gasteiger partial charge in [0, 0.05) is 23.6 Å². The third-order valence-corrected chi connectivity index (χ3v) is 3.46. The summed E-state index contributed by atoms with van der Waals surface area (Å²) in [5, 5.41) is 11.5. The molecule has 0 aliphatic heterocycles. The van der Waals surface area contributed by atoms with Crippen LogP contribution in [0.5, 0.6) is 0 Å². The number of thioether (sulfide) groups is 1. The van der Waals surface area contributed by atoms with Crippen molar-refractivity contribution >= 4 is 17.4 Å². The minimum atomic E-state index is -0.395. The average Bonchev–Trinajstić information content (AvgIpc) is 2.36. The first-order valence-electron chi connectivity index (χ1n) is 5.73. The number of aryl methyl sites for hydroxylation is 2. The first-order chi connectivity index (χ1) is 9.04. The Bertz CT molecular complexity index is 579. The van der Waals surface area contributed by atoms with Crippen molar-refractivity contribution in [2.75, 3.05) is 0 Å². The Kier molecular flexibility index (Phi) is 4.11. The first kappa shape index (κ1) is 13.5. The van der Waals surface area contributed by atoms with E-state index in [0.29, 0.717) is 0 Å². The molecule has 0 N–H and O–H groups in total. The Morgan fingerprint density at radius 1 is 1.21 bits per heavy atom. The Balaban J connectivity index is 2.03. The van der Waals surface area contributed by atoms with Crippen molar-refractivity contribution in [1.82, 2.24) is 9.97 Å². The maximum absolute atomic E-state index is 10.5. The van der Waals surface area contributed by atoms with Crippen molar-refractivity contribution in [3.05, 3.63) is 57.5 Å². The molecule has 0 atom stereocenters. The highest BCUT2D eigenvalue weighted by atomic mass is 32.2. The quantitative estimate of drug-likeness (QED) is 0.370. The number of non-ortho nitro benzene ring substituents is 1. The molecule has 1 heterocycles. The molecule has 19 heavy (non-hydrogen) atoms. The van der Waals surface area contributed by atoms with Crippen molar-refractivity contribution in [2.45, 2.75) is 24.6 Å². The summed E-state index contributed by atoms with van der Waals surface area (Å²) in [6, 6.07) is 8.51. The number of nitro benzene ring substituents is 1. The number of rotatable bonds is 4. The van der Waals surface area contributed by atoms with Crippen molar-refractivity contribution in [2.24, 2.45) is 0 Å². The molecule has 2 rings (SSSR count). The minimum Gasteiger partial charge on any atom is -0.258 e. The van der Waals surface area contributed by atoms with Crippen LogP contribution >= 0.6 is 11.8 Å². The van der Waals surface area contributed by atoms with Gasteiger partial charge in [-0.15, -0.1) is 11.8 Å². The Hall–Kier alpha value is -1.95. The SMILES string of the molecule is Cc1cc(SCc2ccc([N+](=O)[O-])cc2)nc(C)n1. The predicted molar refractivity (Wildman–Crippen MR) is 74.2 cm³/mol. The monoisotopic (exact) mass is 275 g/mol. The van der Waals surface area contributed by atoms with E-state index in [4.69, 9.17) is 0 Å². The highest BCUT2D eigenvalue weighted by Crippen LogP contribution is 2.22. The Morgan fingerprint density at radius 2 is 1.89 bits per heavy atom. The van der Waals surface area contributed by atoms with Crippen LogP contribution in [0.15, 0.2) is 35.4 Å². The van der Waals surface area contributed by atoms with Gasteiger partial charge in [0.1, 0.15) is 10.9 Å². The molecule has 0 saturated carbocycles. The average molecular weight is 275 g/mol. The maximum atomic E-state index is 10.5. The molecule has 0 radical (unpaired) electrons. The van der Waals surface area contributed by atoms with E-state index < -0.39 is 4.92 Å². The second-order valence-electron chi connectivity index (χ2n) is 4.11. The maximum Gasteiger partial charge on any atom is 0.269 e. The fraction of sp³-hybridized carbons (Fsp3) is 0.231. The minimum absolute atomic E-state index is 0.113. The van der Waals surface area contributed by atoms with Crippen molar-refractivity contribution in [3.63, 3.8) is 0 Å². The summed E-state index contributed by atoms with van der Waals surface area (Å²) >= 11 is 1.60. The summed E-state index contributed by atoms with van der Waals surface area (Å²) in [6.45, 7) is 3.80. The van der Waals surface area contributed by atoms with E-state index in [1.807, 2.05) is 19.9 Å². The van der Waals surface area contributed by atoms with E-state index >= 15 is 0 Å². The molecule has 2 aromatic rings. The number of hydrogen-bond donors (Lipinski definition) is 0. The van der Waals surface area contributed by atoms with Crippen LogP contribution in [0.25, 0.3) is 0 Å². The second kappa shape index (κ2) is 5.79. The predicted octanol–water partition coefficient (Wildman–Crippen LogP) is 3.29. The number of aromatic nitrogens is 2. The smallest absolute Gasteiger partial charge is 0.258 e. The highest BCUT2D eigenvalue weighted by Gasteiger charge is 2.05. The van der Waals surface area contributed by atoms with E-state index in [1.165, 1.54) is 12.1 Å². The Morgan fingerprint density at radius 3 is 2.47 bits per heavy atom. The van der Waals surface area contributed by atoms with E-state index in [0.717, 1.165) is 27.9 Å². The zero-order valence-electron chi connectivity index (χ0n) is 10.7. The molecule has 0 bridgehead atoms. The summed E-state index contributed by atoms with van der Waals surface area (Å²) in [6.07, 6.45) is 0. The summed E-state index contributed by atoms with van der Waals surface area (Å²) in [4.78, 5) is 18.7. The van der Waals surface area contributed by atoms with Gasteiger partial charge < -0.3 is 0 Å². The Labute approximate surface area is 115 Å². The van der Waals surface area contributed by atoms with Crippen LogP contribution in [0.2, 0.25) is 0 Å². The largest absolute Gasteiger partial charge is 0.269 e. The van der Waals surface area contributed by atoms with Crippen LogP contribution in [0, 0.1) is 24.0 Å². The molecular formula is C13H13N3O2S. The zero-order valence-corrected chi connectivity index (χ0v) is 11.5. The normalized spacial score (nSPS) is 10.4. The number of nitrogens with zero attached hydrogens (tertiary/aromatic N) is 3. The fourth-order valence-electron chi connectivity index (χ4n) is 1.63. The lowest BCUT2D eigenvalue weighted by molar-refractivity contribution is -0.384. The summed E-state index contributed by atoms with van der Waals surface area (Å²) in [5.41, 5.74) is 2.09. The lowest BCUT2D eigenvalue weighted by Crippen LogP contribution is -1.93. The van der Waals surface area contributed by atoms with Gasteiger partial charge in [0.2, 0.25) is 0 Å². The topological polar surface area (TPSA) is 68.9 Å². The summed E-state index contributed by atoms with van der Waals surface area (Å²) in [5.74, 6) is 1.49. The molecule has 0 aliphatic carbocycles. The second-order valence-corrected chi connectivity index (χ2v) is 5.10. The number of hydrogen-bond acceptors (Lipinski definition) is 5. The molecule has 1 aromatic heterocycles. The van der Waals surface area contributed by atoms with Gasteiger partial charge >= 0.3 is 0 Å². The van der Waals surface area contributed by atoms with Gasteiger partial charge in [-0.2, -0.15) is 0 Å². The van der Waals surface area contributed by atoms with E-state index in [9.17, 15) is 10.1 Å². The van der Waals surface area contributed by atoms with Gasteiger partial charge in [0.15, 0.2) is 0 Å². The van der Waals surface area contributed by atoms with Gasteiger partial charge in [-0.05, 0) is 25.5 Å². The molecule has 5 nitrogen and oxygen atoms in total. The third-order valence-electron chi connectivity index (χ3n) is 2.48. The fourth-order valence-corrected chi connectivity index (χ4v) is 2.59. The van der Waals surface area contributed by atoms with E-state index in [-0.39, 0.29) is 5.69 Å². The lowest BCUT2D eigenvalue weighted by atomic mass is 10.2. The molecule has 0 aliphatic rings. The first-order valence-corrected chi connectivity index (χ1v) is 6.71. The van der Waals surface area contributed by atoms with E-state index in [1.54, 1.807) is 23.9 Å². The molecule has 98 valence electrons. The zero-order chi connectivity index (χ0) is 13.8. The van der Waals surface area contributed by atoms with Crippen LogP contribution in [0.4, 0.5) is 5.69 Å². The van der Waals surface area contributed by atoms with Gasteiger partial charge in [0.25, 0.3) is 5.69 Å². The van der Waals surface area contributed by atoms with Crippen LogP contribution < -0.4 is 0 Å². The summed E-state index contributed by atoms with van der Waals surface area (Å²) < 4.78 is 0. The number of nitro groups is 1. The molecule has 1 aromatic carbocycles. The van der Waals surface area contributed by atoms with Gasteiger partial charge in [-0.25, -0.2) is 9.97 Å². The molecule has 0 spiro atoms. The van der Waals surface area contributed by atoms with Crippen molar-refractivity contribution in [3.8, 4) is 0 Å². The summed E-state index contributed by atoms with van der Waals surface area (Å²) in [7, 11) is 0. The van der Waals surface area contributed by atoms with Crippen LogP contribution in [-0.2, 0) is 5.75 Å². The molecule has 0 unspecified atom stereocenters. The third kappa shape index (κ3) is 3.75. The molecule has 0 saturated heterocycles. The molecular weight excluding hydrogens is 262 g/mol.